The van der Waals surface area contributed by atoms with Crippen LogP contribution >= 0.6 is 0 Å². The van der Waals surface area contributed by atoms with Crippen molar-refractivity contribution in [1.82, 2.24) is 5.32 Å². The molecule has 1 fully saturated rings. The van der Waals surface area contributed by atoms with Gasteiger partial charge in [-0.15, -0.1) is 0 Å². The van der Waals surface area contributed by atoms with Crippen LogP contribution in [0, 0.1) is 11.6 Å². The predicted octanol–water partition coefficient (Wildman–Crippen LogP) is 2.48. The van der Waals surface area contributed by atoms with E-state index in [2.05, 4.69) is 5.32 Å². The molecule has 0 aliphatic heterocycles. The van der Waals surface area contributed by atoms with Crippen LogP contribution in [0.1, 0.15) is 31.7 Å². The molecule has 0 radical (unpaired) electrons. The van der Waals surface area contributed by atoms with Crippen LogP contribution in [0.2, 0.25) is 0 Å². The van der Waals surface area contributed by atoms with E-state index >= 15 is 0 Å². The maximum absolute atomic E-state index is 13.1. The van der Waals surface area contributed by atoms with Crippen LogP contribution in [0.5, 0.6) is 0 Å². The minimum Gasteiger partial charge on any atom is -0.347 e. The van der Waals surface area contributed by atoms with Gasteiger partial charge in [-0.1, -0.05) is 13.0 Å². The van der Waals surface area contributed by atoms with Crippen molar-refractivity contribution in [3.63, 3.8) is 0 Å². The molecule has 0 unspecified atom stereocenters. The molecule has 0 bridgehead atoms. The molecule has 0 heterocycles. The van der Waals surface area contributed by atoms with Crippen molar-refractivity contribution in [2.45, 2.75) is 31.7 Å². The zero-order chi connectivity index (χ0) is 11.8. The summed E-state index contributed by atoms with van der Waals surface area (Å²) in [7, 11) is 0. The molecule has 1 aliphatic carbocycles. The van der Waals surface area contributed by atoms with Crippen LogP contribution in [0.25, 0.3) is 0 Å². The van der Waals surface area contributed by atoms with Gasteiger partial charge in [0, 0.05) is 6.42 Å². The molecule has 1 aromatic carbocycles. The Hall–Kier alpha value is -1.45. The fraction of sp³-hybridized carbons (Fsp3) is 0.417. The largest absolute Gasteiger partial charge is 0.347 e. The summed E-state index contributed by atoms with van der Waals surface area (Å²) < 4.78 is 25.8. The summed E-state index contributed by atoms with van der Waals surface area (Å²) in [4.78, 5) is 11.3. The summed E-state index contributed by atoms with van der Waals surface area (Å²) in [5.41, 5.74) is 0.190. The quantitative estimate of drug-likeness (QED) is 0.841. The third-order valence-corrected chi connectivity index (χ3v) is 2.92. The van der Waals surface area contributed by atoms with Crippen molar-refractivity contribution < 1.29 is 13.6 Å². The van der Waals surface area contributed by atoms with Gasteiger partial charge in [-0.25, -0.2) is 8.78 Å². The lowest BCUT2D eigenvalue weighted by molar-refractivity contribution is -0.121. The van der Waals surface area contributed by atoms with Gasteiger partial charge in [-0.05, 0) is 30.5 Å². The second-order valence-electron chi connectivity index (χ2n) is 4.11. The Labute approximate surface area is 92.7 Å². The summed E-state index contributed by atoms with van der Waals surface area (Å²) >= 11 is 0. The second kappa shape index (κ2) is 3.85. The van der Waals surface area contributed by atoms with Crippen LogP contribution in [0.15, 0.2) is 18.2 Å². The molecule has 0 aromatic heterocycles. The Morgan fingerprint density at radius 2 is 2.06 bits per heavy atom. The summed E-state index contributed by atoms with van der Waals surface area (Å²) in [5, 5.41) is 2.85. The Morgan fingerprint density at radius 1 is 1.38 bits per heavy atom. The smallest absolute Gasteiger partial charge is 0.220 e. The lowest BCUT2D eigenvalue weighted by Crippen LogP contribution is -2.34. The molecule has 2 nitrogen and oxygen atoms in total. The number of nitrogens with one attached hydrogen (secondary N) is 1. The Bertz CT molecular complexity index is 427. The van der Waals surface area contributed by atoms with Crippen molar-refractivity contribution >= 4 is 5.91 Å². The van der Waals surface area contributed by atoms with Gasteiger partial charge in [0.05, 0.1) is 5.54 Å². The van der Waals surface area contributed by atoms with E-state index in [1.54, 1.807) is 6.92 Å². The van der Waals surface area contributed by atoms with E-state index < -0.39 is 17.2 Å². The molecule has 0 atom stereocenters. The first-order chi connectivity index (χ1) is 7.57. The number of carbonyl (C=O) groups excluding carboxylic acids is 1. The normalized spacial score (nSPS) is 16.9. The van der Waals surface area contributed by atoms with Crippen LogP contribution in [-0.4, -0.2) is 5.91 Å². The van der Waals surface area contributed by atoms with E-state index in [-0.39, 0.29) is 5.91 Å². The molecule has 1 N–H and O–H groups in total. The van der Waals surface area contributed by atoms with Crippen LogP contribution < -0.4 is 5.32 Å². The molecule has 1 saturated carbocycles. The molecule has 0 saturated heterocycles. The molecule has 4 heteroatoms. The highest BCUT2D eigenvalue weighted by Crippen LogP contribution is 2.45. The van der Waals surface area contributed by atoms with Crippen LogP contribution in [0.4, 0.5) is 8.78 Å². The number of carbonyl (C=O) groups is 1. The maximum Gasteiger partial charge on any atom is 0.220 e. The zero-order valence-corrected chi connectivity index (χ0v) is 9.02. The van der Waals surface area contributed by atoms with Gasteiger partial charge in [0.2, 0.25) is 5.91 Å². The van der Waals surface area contributed by atoms with Gasteiger partial charge in [0.15, 0.2) is 11.6 Å². The van der Waals surface area contributed by atoms with Gasteiger partial charge in [0.1, 0.15) is 0 Å². The summed E-state index contributed by atoms with van der Waals surface area (Å²) in [6.07, 6.45) is 1.96. The van der Waals surface area contributed by atoms with Crippen molar-refractivity contribution in [3.8, 4) is 0 Å². The molecule has 86 valence electrons. The third kappa shape index (κ3) is 1.92. The van der Waals surface area contributed by atoms with E-state index in [0.29, 0.717) is 12.0 Å². The van der Waals surface area contributed by atoms with E-state index in [1.807, 2.05) is 0 Å². The minimum atomic E-state index is -0.866. The van der Waals surface area contributed by atoms with Crippen molar-refractivity contribution in [2.24, 2.45) is 0 Å². The number of rotatable bonds is 3. The Morgan fingerprint density at radius 3 is 2.56 bits per heavy atom. The number of halogens is 2. The van der Waals surface area contributed by atoms with Crippen molar-refractivity contribution in [1.29, 1.82) is 0 Å². The number of hydrogen-bond donors (Lipinski definition) is 1. The third-order valence-electron chi connectivity index (χ3n) is 2.92. The van der Waals surface area contributed by atoms with Crippen molar-refractivity contribution in [3.05, 3.63) is 35.4 Å². The molecular weight excluding hydrogens is 212 g/mol. The van der Waals surface area contributed by atoms with Gasteiger partial charge in [0.25, 0.3) is 0 Å². The SMILES string of the molecule is CCC(=O)NC1(c2ccc(F)c(F)c2)CC1. The lowest BCUT2D eigenvalue weighted by Gasteiger charge is -2.17. The number of amides is 1. The molecular formula is C12H13F2NO. The van der Waals surface area contributed by atoms with Gasteiger partial charge >= 0.3 is 0 Å². The highest BCUT2D eigenvalue weighted by Gasteiger charge is 2.45. The minimum absolute atomic E-state index is 0.0674. The van der Waals surface area contributed by atoms with E-state index in [0.717, 1.165) is 25.0 Å². The Balaban J connectivity index is 2.23. The van der Waals surface area contributed by atoms with E-state index in [9.17, 15) is 13.6 Å². The zero-order valence-electron chi connectivity index (χ0n) is 9.02. The van der Waals surface area contributed by atoms with Gasteiger partial charge < -0.3 is 5.32 Å². The molecule has 2 rings (SSSR count). The maximum atomic E-state index is 13.1. The Kier molecular flexibility index (Phi) is 2.66. The molecule has 1 aromatic rings. The topological polar surface area (TPSA) is 29.1 Å². The molecule has 1 amide bonds. The monoisotopic (exact) mass is 225 g/mol. The molecule has 1 aliphatic rings. The highest BCUT2D eigenvalue weighted by molar-refractivity contribution is 5.77. The van der Waals surface area contributed by atoms with E-state index in [1.165, 1.54) is 6.07 Å². The van der Waals surface area contributed by atoms with Crippen LogP contribution in [-0.2, 0) is 10.3 Å². The summed E-state index contributed by atoms with van der Waals surface area (Å²) in [6, 6.07) is 3.79. The fourth-order valence-corrected chi connectivity index (χ4v) is 1.76. The first-order valence-corrected chi connectivity index (χ1v) is 5.34. The average Bonchev–Trinajstić information content (AvgIpc) is 3.03. The number of hydrogen-bond acceptors (Lipinski definition) is 1. The first-order valence-electron chi connectivity index (χ1n) is 5.34. The standard InChI is InChI=1S/C12H13F2NO/c1-2-11(16)15-12(5-6-12)8-3-4-9(13)10(14)7-8/h3-4,7H,2,5-6H2,1H3,(H,15,16). The van der Waals surface area contributed by atoms with Crippen LogP contribution in [0.3, 0.4) is 0 Å². The number of benzene rings is 1. The fourth-order valence-electron chi connectivity index (χ4n) is 1.76. The first kappa shape index (κ1) is 11.0. The van der Waals surface area contributed by atoms with Crippen molar-refractivity contribution in [2.75, 3.05) is 0 Å². The molecule has 0 spiro atoms. The van der Waals surface area contributed by atoms with E-state index in [4.69, 9.17) is 0 Å². The summed E-state index contributed by atoms with van der Waals surface area (Å²) in [6.45, 7) is 1.76. The average molecular weight is 225 g/mol. The molecule has 16 heavy (non-hydrogen) atoms. The van der Waals surface area contributed by atoms with Gasteiger partial charge in [-0.2, -0.15) is 0 Å². The summed E-state index contributed by atoms with van der Waals surface area (Å²) in [5.74, 6) is -1.79. The predicted molar refractivity (Wildman–Crippen MR) is 55.7 cm³/mol. The van der Waals surface area contributed by atoms with Gasteiger partial charge in [-0.3, -0.25) is 4.79 Å². The lowest BCUT2D eigenvalue weighted by atomic mass is 10.0. The highest BCUT2D eigenvalue weighted by atomic mass is 19.2. The second-order valence-corrected chi connectivity index (χ2v) is 4.11.